The number of allylic oxidation sites excluding steroid dienone is 3. The second-order valence-corrected chi connectivity index (χ2v) is 9.76. The number of likely N-dealkylation sites (N-methyl/N-ethyl adjacent to an activating group) is 1. The van der Waals surface area contributed by atoms with Crippen molar-refractivity contribution in [2.45, 2.75) is 20.8 Å². The summed E-state index contributed by atoms with van der Waals surface area (Å²) in [5.41, 5.74) is 3.20. The zero-order chi connectivity index (χ0) is 28.3. The van der Waals surface area contributed by atoms with Gasteiger partial charge in [-0.3, -0.25) is 4.48 Å². The molecule has 0 amide bonds. The fourth-order valence-electron chi connectivity index (χ4n) is 4.95. The Balaban J connectivity index is 1.47. The topological polar surface area (TPSA) is 81.1 Å². The number of fused-ring (bicyclic) bond motifs is 1. The lowest BCUT2D eigenvalue weighted by atomic mass is 10.1. The van der Waals surface area contributed by atoms with Crippen LogP contribution in [0.2, 0.25) is 0 Å². The first-order valence-electron chi connectivity index (χ1n) is 13.2. The number of hydrogen-bond acceptors (Lipinski definition) is 8. The van der Waals surface area contributed by atoms with Crippen molar-refractivity contribution in [1.29, 1.82) is 0 Å². The number of hydrazone groups is 1. The number of halogens is 1. The van der Waals surface area contributed by atoms with Crippen molar-refractivity contribution in [3.63, 3.8) is 0 Å². The summed E-state index contributed by atoms with van der Waals surface area (Å²) in [5, 5.41) is 9.91. The molecule has 1 fully saturated rings. The van der Waals surface area contributed by atoms with Crippen molar-refractivity contribution in [2.24, 2.45) is 5.10 Å². The number of morpholine rings is 1. The Kier molecular flexibility index (Phi) is 7.81. The van der Waals surface area contributed by atoms with E-state index in [1.165, 1.54) is 6.33 Å². The van der Waals surface area contributed by atoms with Crippen molar-refractivity contribution in [1.82, 2.24) is 19.5 Å². The molecule has 0 unspecified atom stereocenters. The molecular weight excluding hydrogens is 511 g/mol. The maximum absolute atomic E-state index is 15.7. The van der Waals surface area contributed by atoms with E-state index in [1.54, 1.807) is 49.7 Å². The van der Waals surface area contributed by atoms with Crippen LogP contribution in [0, 0.1) is 12.7 Å². The van der Waals surface area contributed by atoms with Gasteiger partial charge in [-0.15, -0.1) is 0 Å². The van der Waals surface area contributed by atoms with E-state index in [1.807, 2.05) is 38.1 Å². The highest BCUT2D eigenvalue weighted by Crippen LogP contribution is 2.42. The molecule has 0 saturated carbocycles. The van der Waals surface area contributed by atoms with Crippen LogP contribution in [0.4, 0.5) is 21.6 Å². The summed E-state index contributed by atoms with van der Waals surface area (Å²) in [6, 6.07) is 7.39. The van der Waals surface area contributed by atoms with Gasteiger partial charge in [0, 0.05) is 30.1 Å². The lowest BCUT2D eigenvalue weighted by Crippen LogP contribution is -2.53. The van der Waals surface area contributed by atoms with Gasteiger partial charge in [0.15, 0.2) is 17.3 Å². The third-order valence-corrected chi connectivity index (χ3v) is 7.27. The quantitative estimate of drug-likeness (QED) is 0.297. The first-order chi connectivity index (χ1) is 19.4. The van der Waals surface area contributed by atoms with E-state index < -0.39 is 5.82 Å². The Hall–Kier alpha value is -4.28. The molecule has 0 radical (unpaired) electrons. The number of nitrogens with one attached hydrogen (secondary N) is 1. The highest BCUT2D eigenvalue weighted by Gasteiger charge is 2.33. The fourth-order valence-corrected chi connectivity index (χ4v) is 4.95. The molecule has 0 atom stereocenters. The molecule has 0 aliphatic carbocycles. The number of hydrogen-bond donors (Lipinski definition) is 1. The van der Waals surface area contributed by atoms with E-state index in [-0.39, 0.29) is 5.69 Å². The Labute approximate surface area is 233 Å². The van der Waals surface area contributed by atoms with E-state index in [0.29, 0.717) is 57.2 Å². The van der Waals surface area contributed by atoms with Gasteiger partial charge >= 0.3 is 0 Å². The summed E-state index contributed by atoms with van der Waals surface area (Å²) in [6.07, 6.45) is 10.5. The lowest BCUT2D eigenvalue weighted by molar-refractivity contribution is 0.0519. The summed E-state index contributed by atoms with van der Waals surface area (Å²) in [6.45, 7) is 8.43. The molecule has 3 heterocycles. The van der Waals surface area contributed by atoms with Gasteiger partial charge in [-0.2, -0.15) is 5.10 Å². The van der Waals surface area contributed by atoms with E-state index in [2.05, 4.69) is 27.4 Å². The number of ether oxygens (including phenoxy) is 3. The van der Waals surface area contributed by atoms with Crippen molar-refractivity contribution in [3.8, 4) is 11.5 Å². The number of methoxy groups -OCH3 is 1. The van der Waals surface area contributed by atoms with Crippen LogP contribution in [0.15, 0.2) is 71.6 Å². The van der Waals surface area contributed by atoms with Crippen LogP contribution in [-0.4, -0.2) is 61.7 Å². The Morgan fingerprint density at radius 1 is 1.15 bits per heavy atom. The van der Waals surface area contributed by atoms with E-state index >= 15 is 4.39 Å². The van der Waals surface area contributed by atoms with Crippen LogP contribution in [0.25, 0.3) is 10.9 Å². The van der Waals surface area contributed by atoms with E-state index in [9.17, 15) is 0 Å². The second-order valence-electron chi connectivity index (χ2n) is 9.76. The van der Waals surface area contributed by atoms with Crippen molar-refractivity contribution in [3.05, 3.63) is 77.9 Å². The first kappa shape index (κ1) is 27.3. The van der Waals surface area contributed by atoms with Crippen LogP contribution in [0.1, 0.15) is 19.4 Å². The molecule has 2 aromatic carbocycles. The summed E-state index contributed by atoms with van der Waals surface area (Å²) in [4.78, 5) is 8.92. The Bertz CT molecular complexity index is 1540. The zero-order valence-electron chi connectivity index (χ0n) is 23.4. The Morgan fingerprint density at radius 2 is 1.95 bits per heavy atom. The second kappa shape index (κ2) is 11.4. The predicted octanol–water partition coefficient (Wildman–Crippen LogP) is 5.80. The Morgan fingerprint density at radius 3 is 2.67 bits per heavy atom. The average Bonchev–Trinajstić information content (AvgIpc) is 2.97. The molecule has 9 nitrogen and oxygen atoms in total. The summed E-state index contributed by atoms with van der Waals surface area (Å²) >= 11 is 0. The van der Waals surface area contributed by atoms with E-state index in [4.69, 9.17) is 14.2 Å². The largest absolute Gasteiger partial charge is 0.490 e. The third kappa shape index (κ3) is 5.15. The molecule has 0 bridgehead atoms. The van der Waals surface area contributed by atoms with Crippen molar-refractivity contribution in [2.75, 3.05) is 45.8 Å². The predicted molar refractivity (Wildman–Crippen MR) is 156 cm³/mol. The molecular formula is C30H34FN6O3+. The van der Waals surface area contributed by atoms with Crippen molar-refractivity contribution >= 4 is 34.3 Å². The smallest absolute Gasteiger partial charge is 0.193 e. The fraction of sp³-hybridized carbons (Fsp3) is 0.300. The van der Waals surface area contributed by atoms with E-state index in [0.717, 1.165) is 24.5 Å². The molecule has 2 aliphatic rings. The van der Waals surface area contributed by atoms with Crippen LogP contribution in [-0.2, 0) is 4.74 Å². The molecule has 1 saturated heterocycles. The molecule has 208 valence electrons. The van der Waals surface area contributed by atoms with Crippen LogP contribution >= 0.6 is 0 Å². The molecule has 1 N–H and O–H groups in total. The summed E-state index contributed by atoms with van der Waals surface area (Å²) in [7, 11) is 3.80. The van der Waals surface area contributed by atoms with Crippen molar-refractivity contribution < 1.29 is 18.6 Å². The van der Waals surface area contributed by atoms with Gasteiger partial charge in [-0.1, -0.05) is 6.08 Å². The molecule has 3 aromatic rings. The molecule has 10 heteroatoms. The summed E-state index contributed by atoms with van der Waals surface area (Å²) < 4.78 is 34.0. The van der Waals surface area contributed by atoms with Crippen LogP contribution < -0.4 is 19.3 Å². The van der Waals surface area contributed by atoms with Gasteiger partial charge in [-0.05, 0) is 45.0 Å². The monoisotopic (exact) mass is 545 g/mol. The molecule has 2 aliphatic heterocycles. The number of anilines is 2. The maximum atomic E-state index is 15.7. The number of aromatic nitrogens is 2. The highest BCUT2D eigenvalue weighted by atomic mass is 19.1. The normalized spacial score (nSPS) is 17.9. The number of nitrogens with zero attached hydrogens (tertiary/aromatic N) is 5. The zero-order valence-corrected chi connectivity index (χ0v) is 23.4. The molecule has 0 spiro atoms. The number of benzene rings is 2. The number of quaternary nitrogens is 1. The van der Waals surface area contributed by atoms with Gasteiger partial charge in [0.05, 0.1) is 49.7 Å². The van der Waals surface area contributed by atoms with Gasteiger partial charge in [0.25, 0.3) is 0 Å². The molecule has 40 heavy (non-hydrogen) atoms. The van der Waals surface area contributed by atoms with Gasteiger partial charge in [-0.25, -0.2) is 19.4 Å². The SMILES string of the molecule is C/C=N\N1C=CC(Oc2ccc(Nc3ncnc4ccc([N+]5(C)CCOCC5)c(OC)c34)c(F)c2C)=C/C1=C\C. The van der Waals surface area contributed by atoms with Gasteiger partial charge in [0.2, 0.25) is 0 Å². The molecule has 5 rings (SSSR count). The molecule has 1 aromatic heterocycles. The van der Waals surface area contributed by atoms with Gasteiger partial charge < -0.3 is 19.5 Å². The summed E-state index contributed by atoms with van der Waals surface area (Å²) in [5.74, 6) is 1.69. The standard InChI is InChI=1S/C30H34FN6O3/c1-6-21-18-22(12-13-36(21)34-7-2)40-26-11-9-24(28(31)20(26)3)35-30-27-23(32-19-33-30)8-10-25(29(27)38-5)37(4)14-16-39-17-15-37/h6-13,18-19H,14-17H2,1-5H3,(H,32,33,35)/q+1/b21-6+,34-7-. The average molecular weight is 546 g/mol. The maximum Gasteiger partial charge on any atom is 0.193 e. The first-order valence-corrected chi connectivity index (χ1v) is 13.2. The lowest BCUT2D eigenvalue weighted by Gasteiger charge is -2.37. The minimum atomic E-state index is -0.435. The minimum absolute atomic E-state index is 0.273. The minimum Gasteiger partial charge on any atom is -0.490 e. The third-order valence-electron chi connectivity index (χ3n) is 7.27. The van der Waals surface area contributed by atoms with Crippen LogP contribution in [0.3, 0.4) is 0 Å². The highest BCUT2D eigenvalue weighted by molar-refractivity contribution is 5.99. The van der Waals surface area contributed by atoms with Crippen LogP contribution in [0.5, 0.6) is 11.5 Å². The number of rotatable bonds is 7. The van der Waals surface area contributed by atoms with Gasteiger partial charge in [0.1, 0.15) is 36.7 Å².